The van der Waals surface area contributed by atoms with Crippen LogP contribution in [0.5, 0.6) is 0 Å². The standard InChI is InChI=1S/C11H21N3O3/c1-8(2)10(11-13-9(3)14-17-11)12-4-6-16-7-5-15/h8,10,12,15H,4-7H2,1-3H3. The topological polar surface area (TPSA) is 80.4 Å². The molecule has 1 aromatic heterocycles. The Morgan fingerprint density at radius 1 is 1.41 bits per heavy atom. The molecular formula is C11H21N3O3. The van der Waals surface area contributed by atoms with Crippen LogP contribution in [0.4, 0.5) is 0 Å². The Bertz CT molecular complexity index is 315. The lowest BCUT2D eigenvalue weighted by molar-refractivity contribution is 0.0907. The van der Waals surface area contributed by atoms with E-state index in [1.807, 2.05) is 0 Å². The van der Waals surface area contributed by atoms with Gasteiger partial charge in [-0.25, -0.2) is 0 Å². The Kier molecular flexibility index (Phi) is 6.10. The summed E-state index contributed by atoms with van der Waals surface area (Å²) < 4.78 is 10.3. The summed E-state index contributed by atoms with van der Waals surface area (Å²) in [6.45, 7) is 7.64. The smallest absolute Gasteiger partial charge is 0.244 e. The highest BCUT2D eigenvalue weighted by atomic mass is 16.5. The molecule has 0 saturated carbocycles. The normalized spacial score (nSPS) is 13.2. The summed E-state index contributed by atoms with van der Waals surface area (Å²) in [7, 11) is 0. The van der Waals surface area contributed by atoms with Gasteiger partial charge in [0.25, 0.3) is 0 Å². The molecule has 0 spiro atoms. The summed E-state index contributed by atoms with van der Waals surface area (Å²) in [5.41, 5.74) is 0. The number of aliphatic hydroxyl groups is 1. The van der Waals surface area contributed by atoms with Crippen LogP contribution in [0.2, 0.25) is 0 Å². The predicted molar refractivity (Wildman–Crippen MR) is 62.5 cm³/mol. The van der Waals surface area contributed by atoms with E-state index in [9.17, 15) is 0 Å². The second kappa shape index (κ2) is 7.37. The minimum Gasteiger partial charge on any atom is -0.394 e. The van der Waals surface area contributed by atoms with Gasteiger partial charge in [-0.2, -0.15) is 4.98 Å². The lowest BCUT2D eigenvalue weighted by atomic mass is 10.0. The lowest BCUT2D eigenvalue weighted by Crippen LogP contribution is -2.29. The summed E-state index contributed by atoms with van der Waals surface area (Å²) in [6, 6.07) is 0.0360. The highest BCUT2D eigenvalue weighted by Gasteiger charge is 2.20. The molecule has 98 valence electrons. The van der Waals surface area contributed by atoms with Crippen molar-refractivity contribution in [3.05, 3.63) is 11.7 Å². The zero-order valence-corrected chi connectivity index (χ0v) is 10.6. The molecule has 0 fully saturated rings. The van der Waals surface area contributed by atoms with Gasteiger partial charge in [-0.3, -0.25) is 0 Å². The molecule has 17 heavy (non-hydrogen) atoms. The SMILES string of the molecule is Cc1noc(C(NCCOCCO)C(C)C)n1. The first-order chi connectivity index (χ1) is 8.15. The van der Waals surface area contributed by atoms with Crippen molar-refractivity contribution >= 4 is 0 Å². The second-order valence-electron chi connectivity index (χ2n) is 4.19. The number of ether oxygens (including phenoxy) is 1. The van der Waals surface area contributed by atoms with E-state index in [1.54, 1.807) is 6.92 Å². The van der Waals surface area contributed by atoms with Crippen LogP contribution in [0, 0.1) is 12.8 Å². The van der Waals surface area contributed by atoms with Gasteiger partial charge in [0.2, 0.25) is 5.89 Å². The summed E-state index contributed by atoms with van der Waals surface area (Å²) >= 11 is 0. The second-order valence-corrected chi connectivity index (χ2v) is 4.19. The monoisotopic (exact) mass is 243 g/mol. The Morgan fingerprint density at radius 2 is 2.18 bits per heavy atom. The van der Waals surface area contributed by atoms with Crippen LogP contribution >= 0.6 is 0 Å². The number of aromatic nitrogens is 2. The Balaban J connectivity index is 2.39. The van der Waals surface area contributed by atoms with Crippen LogP contribution in [0.25, 0.3) is 0 Å². The maximum Gasteiger partial charge on any atom is 0.244 e. The third-order valence-corrected chi connectivity index (χ3v) is 2.32. The number of hydrogen-bond donors (Lipinski definition) is 2. The lowest BCUT2D eigenvalue weighted by Gasteiger charge is -2.18. The average Bonchev–Trinajstić information content (AvgIpc) is 2.69. The van der Waals surface area contributed by atoms with Gasteiger partial charge in [0, 0.05) is 6.54 Å². The van der Waals surface area contributed by atoms with Crippen LogP contribution in [0.3, 0.4) is 0 Å². The fourth-order valence-electron chi connectivity index (χ4n) is 1.50. The Hall–Kier alpha value is -0.980. The minimum atomic E-state index is 0.0360. The number of nitrogens with zero attached hydrogens (tertiary/aromatic N) is 2. The Labute approximate surface area is 101 Å². The fourth-order valence-corrected chi connectivity index (χ4v) is 1.50. The molecule has 0 aliphatic rings. The minimum absolute atomic E-state index is 0.0360. The maximum absolute atomic E-state index is 8.57. The van der Waals surface area contributed by atoms with Crippen molar-refractivity contribution in [2.45, 2.75) is 26.8 Å². The molecule has 1 heterocycles. The molecule has 1 rings (SSSR count). The molecule has 0 amide bonds. The molecule has 2 N–H and O–H groups in total. The number of aryl methyl sites for hydroxylation is 1. The van der Waals surface area contributed by atoms with Crippen LogP contribution in [0.15, 0.2) is 4.52 Å². The van der Waals surface area contributed by atoms with E-state index in [2.05, 4.69) is 29.3 Å². The maximum atomic E-state index is 8.57. The highest BCUT2D eigenvalue weighted by molar-refractivity contribution is 4.92. The van der Waals surface area contributed by atoms with Gasteiger partial charge in [0.15, 0.2) is 5.82 Å². The third-order valence-electron chi connectivity index (χ3n) is 2.32. The molecule has 0 aromatic carbocycles. The molecular weight excluding hydrogens is 222 g/mol. The summed E-state index contributed by atoms with van der Waals surface area (Å²) in [5.74, 6) is 1.61. The number of hydrogen-bond acceptors (Lipinski definition) is 6. The van der Waals surface area contributed by atoms with Crippen molar-refractivity contribution in [3.8, 4) is 0 Å². The van der Waals surface area contributed by atoms with Crippen molar-refractivity contribution in [1.29, 1.82) is 0 Å². The summed E-state index contributed by atoms with van der Waals surface area (Å²) in [6.07, 6.45) is 0. The molecule has 1 aromatic rings. The van der Waals surface area contributed by atoms with E-state index in [-0.39, 0.29) is 12.6 Å². The van der Waals surface area contributed by atoms with Crippen molar-refractivity contribution < 1.29 is 14.4 Å². The predicted octanol–water partition coefficient (Wildman–Crippen LogP) is 0.674. The number of rotatable bonds is 8. The summed E-state index contributed by atoms with van der Waals surface area (Å²) in [4.78, 5) is 4.23. The van der Waals surface area contributed by atoms with Crippen molar-refractivity contribution in [1.82, 2.24) is 15.5 Å². The molecule has 1 unspecified atom stereocenters. The van der Waals surface area contributed by atoms with E-state index in [0.29, 0.717) is 37.4 Å². The molecule has 6 heteroatoms. The van der Waals surface area contributed by atoms with Crippen molar-refractivity contribution in [3.63, 3.8) is 0 Å². The van der Waals surface area contributed by atoms with Crippen LogP contribution in [-0.2, 0) is 4.74 Å². The van der Waals surface area contributed by atoms with Crippen LogP contribution in [-0.4, -0.2) is 41.6 Å². The molecule has 0 bridgehead atoms. The molecule has 1 atom stereocenters. The molecule has 6 nitrogen and oxygen atoms in total. The van der Waals surface area contributed by atoms with E-state index in [0.717, 1.165) is 0 Å². The zero-order chi connectivity index (χ0) is 12.7. The Morgan fingerprint density at radius 3 is 2.71 bits per heavy atom. The largest absolute Gasteiger partial charge is 0.394 e. The van der Waals surface area contributed by atoms with Gasteiger partial charge in [-0.05, 0) is 12.8 Å². The van der Waals surface area contributed by atoms with Crippen LogP contribution < -0.4 is 5.32 Å². The van der Waals surface area contributed by atoms with Gasteiger partial charge in [0.1, 0.15) is 0 Å². The van der Waals surface area contributed by atoms with Gasteiger partial charge in [-0.1, -0.05) is 19.0 Å². The molecule has 0 radical (unpaired) electrons. The first kappa shape index (κ1) is 14.1. The first-order valence-electron chi connectivity index (χ1n) is 5.87. The van der Waals surface area contributed by atoms with E-state index in [4.69, 9.17) is 14.4 Å². The number of aliphatic hydroxyl groups excluding tert-OH is 1. The fraction of sp³-hybridized carbons (Fsp3) is 0.818. The quantitative estimate of drug-likeness (QED) is 0.653. The third kappa shape index (κ3) is 4.80. The van der Waals surface area contributed by atoms with Gasteiger partial charge < -0.3 is 19.7 Å². The van der Waals surface area contributed by atoms with Gasteiger partial charge >= 0.3 is 0 Å². The van der Waals surface area contributed by atoms with E-state index >= 15 is 0 Å². The summed E-state index contributed by atoms with van der Waals surface area (Å²) in [5, 5.41) is 15.7. The first-order valence-corrected chi connectivity index (χ1v) is 5.87. The van der Waals surface area contributed by atoms with E-state index in [1.165, 1.54) is 0 Å². The van der Waals surface area contributed by atoms with E-state index < -0.39 is 0 Å². The average molecular weight is 243 g/mol. The number of nitrogens with one attached hydrogen (secondary N) is 1. The van der Waals surface area contributed by atoms with Crippen molar-refractivity contribution in [2.24, 2.45) is 5.92 Å². The van der Waals surface area contributed by atoms with Crippen molar-refractivity contribution in [2.75, 3.05) is 26.4 Å². The van der Waals surface area contributed by atoms with Crippen LogP contribution in [0.1, 0.15) is 31.6 Å². The zero-order valence-electron chi connectivity index (χ0n) is 10.6. The molecule has 0 aliphatic carbocycles. The van der Waals surface area contributed by atoms with Gasteiger partial charge in [-0.15, -0.1) is 0 Å². The highest BCUT2D eigenvalue weighted by Crippen LogP contribution is 2.19. The molecule has 0 saturated heterocycles. The molecule has 0 aliphatic heterocycles. The van der Waals surface area contributed by atoms with Gasteiger partial charge in [0.05, 0.1) is 25.9 Å².